The van der Waals surface area contributed by atoms with Crippen LogP contribution in [0.5, 0.6) is 5.75 Å². The number of amides is 1. The second-order valence-corrected chi connectivity index (χ2v) is 4.49. The maximum atomic E-state index is 13.7. The third kappa shape index (κ3) is 2.82. The van der Waals surface area contributed by atoms with E-state index >= 15 is 0 Å². The molecule has 1 N–H and O–H groups in total. The highest BCUT2D eigenvalue weighted by atomic mass is 35.5. The molecule has 0 saturated carbocycles. The van der Waals surface area contributed by atoms with Crippen LogP contribution in [0.3, 0.4) is 0 Å². The summed E-state index contributed by atoms with van der Waals surface area (Å²) in [5.74, 6) is -0.0739. The molecular formula is C13H13ClFNO2. The highest BCUT2D eigenvalue weighted by Crippen LogP contribution is 2.28. The maximum absolute atomic E-state index is 13.7. The van der Waals surface area contributed by atoms with Crippen molar-refractivity contribution >= 4 is 23.6 Å². The van der Waals surface area contributed by atoms with Crippen LogP contribution in [0.4, 0.5) is 4.39 Å². The molecule has 96 valence electrons. The first-order valence-corrected chi connectivity index (χ1v) is 5.98. The number of nitrogens with one attached hydrogen (secondary N) is 1. The largest absolute Gasteiger partial charge is 0.495 e. The van der Waals surface area contributed by atoms with Crippen molar-refractivity contribution in [1.82, 2.24) is 5.32 Å². The zero-order chi connectivity index (χ0) is 13.1. The molecule has 1 amide bonds. The van der Waals surface area contributed by atoms with E-state index in [0.717, 1.165) is 6.42 Å². The molecule has 1 aromatic carbocycles. The number of rotatable bonds is 3. The lowest BCUT2D eigenvalue weighted by Gasteiger charge is -2.06. The zero-order valence-electron chi connectivity index (χ0n) is 9.87. The number of carbonyl (C=O) groups is 1. The van der Waals surface area contributed by atoms with Crippen LogP contribution in [0.15, 0.2) is 18.2 Å². The van der Waals surface area contributed by atoms with Crippen molar-refractivity contribution in [2.45, 2.75) is 18.9 Å². The minimum atomic E-state index is -0.406. The molecule has 0 aliphatic carbocycles. The smallest absolute Gasteiger partial charge is 0.220 e. The van der Waals surface area contributed by atoms with Crippen LogP contribution in [0.2, 0.25) is 5.02 Å². The molecule has 2 rings (SSSR count). The van der Waals surface area contributed by atoms with Crippen LogP contribution >= 0.6 is 11.6 Å². The Balaban J connectivity index is 2.16. The molecule has 5 heteroatoms. The predicted octanol–water partition coefficient (Wildman–Crippen LogP) is 2.78. The SMILES string of the molecule is COc1cc(F)c(/C=C/[C@H]2CCC(=O)N2)cc1Cl. The second-order valence-electron chi connectivity index (χ2n) is 4.08. The Morgan fingerprint density at radius 3 is 2.94 bits per heavy atom. The van der Waals surface area contributed by atoms with E-state index in [0.29, 0.717) is 22.8 Å². The summed E-state index contributed by atoms with van der Waals surface area (Å²) in [5, 5.41) is 3.13. The number of hydrogen-bond acceptors (Lipinski definition) is 2. The molecular weight excluding hydrogens is 257 g/mol. The van der Waals surface area contributed by atoms with Crippen molar-refractivity contribution in [3.63, 3.8) is 0 Å². The lowest BCUT2D eigenvalue weighted by molar-refractivity contribution is -0.119. The summed E-state index contributed by atoms with van der Waals surface area (Å²) >= 11 is 5.92. The summed E-state index contributed by atoms with van der Waals surface area (Å²) < 4.78 is 18.6. The fourth-order valence-electron chi connectivity index (χ4n) is 1.83. The minimum Gasteiger partial charge on any atom is -0.495 e. The van der Waals surface area contributed by atoms with Crippen LogP contribution in [0.1, 0.15) is 18.4 Å². The van der Waals surface area contributed by atoms with Gasteiger partial charge in [0, 0.05) is 24.1 Å². The van der Waals surface area contributed by atoms with Crippen LogP contribution in [-0.4, -0.2) is 19.1 Å². The Morgan fingerprint density at radius 1 is 1.56 bits per heavy atom. The van der Waals surface area contributed by atoms with Gasteiger partial charge >= 0.3 is 0 Å². The molecule has 1 atom stereocenters. The average molecular weight is 270 g/mol. The molecule has 0 aromatic heterocycles. The predicted molar refractivity (Wildman–Crippen MR) is 68.2 cm³/mol. The van der Waals surface area contributed by atoms with Crippen LogP contribution in [0, 0.1) is 5.82 Å². The molecule has 0 bridgehead atoms. The van der Waals surface area contributed by atoms with Gasteiger partial charge in [-0.25, -0.2) is 4.39 Å². The van der Waals surface area contributed by atoms with Crippen molar-refractivity contribution in [2.24, 2.45) is 0 Å². The monoisotopic (exact) mass is 269 g/mol. The first kappa shape index (κ1) is 12.9. The summed E-state index contributed by atoms with van der Waals surface area (Å²) in [4.78, 5) is 11.0. The van der Waals surface area contributed by atoms with Crippen molar-refractivity contribution < 1.29 is 13.9 Å². The van der Waals surface area contributed by atoms with E-state index in [4.69, 9.17) is 16.3 Å². The topological polar surface area (TPSA) is 38.3 Å². The quantitative estimate of drug-likeness (QED) is 0.916. The van der Waals surface area contributed by atoms with Crippen molar-refractivity contribution in [2.75, 3.05) is 7.11 Å². The summed E-state index contributed by atoms with van der Waals surface area (Å²) in [5.41, 5.74) is 0.377. The van der Waals surface area contributed by atoms with Crippen LogP contribution in [0.25, 0.3) is 6.08 Å². The first-order valence-electron chi connectivity index (χ1n) is 5.60. The van der Waals surface area contributed by atoms with Crippen LogP contribution in [-0.2, 0) is 4.79 Å². The van der Waals surface area contributed by atoms with E-state index in [9.17, 15) is 9.18 Å². The van der Waals surface area contributed by atoms with E-state index in [1.807, 2.05) is 0 Å². The Kier molecular flexibility index (Phi) is 3.87. The summed E-state index contributed by atoms with van der Waals surface area (Å²) in [6, 6.07) is 2.72. The average Bonchev–Trinajstić information content (AvgIpc) is 2.75. The van der Waals surface area contributed by atoms with Gasteiger partial charge in [-0.15, -0.1) is 0 Å². The van der Waals surface area contributed by atoms with E-state index in [-0.39, 0.29) is 11.9 Å². The van der Waals surface area contributed by atoms with Gasteiger partial charge in [-0.3, -0.25) is 4.79 Å². The van der Waals surface area contributed by atoms with Crippen LogP contribution < -0.4 is 10.1 Å². The fourth-order valence-corrected chi connectivity index (χ4v) is 2.08. The molecule has 1 fully saturated rings. The van der Waals surface area contributed by atoms with Gasteiger partial charge in [0.15, 0.2) is 0 Å². The number of halogens is 2. The molecule has 18 heavy (non-hydrogen) atoms. The van der Waals surface area contributed by atoms with Crippen molar-refractivity contribution in [3.05, 3.63) is 34.6 Å². The Bertz CT molecular complexity index is 502. The number of methoxy groups -OCH3 is 1. The lowest BCUT2D eigenvalue weighted by atomic mass is 10.1. The third-order valence-electron chi connectivity index (χ3n) is 2.81. The van der Waals surface area contributed by atoms with E-state index in [2.05, 4.69) is 5.32 Å². The van der Waals surface area contributed by atoms with Gasteiger partial charge in [-0.05, 0) is 12.5 Å². The summed E-state index contributed by atoms with van der Waals surface area (Å²) in [6.45, 7) is 0. The van der Waals surface area contributed by atoms with E-state index in [1.54, 1.807) is 12.2 Å². The maximum Gasteiger partial charge on any atom is 0.220 e. The minimum absolute atomic E-state index is 0.0258. The second kappa shape index (κ2) is 5.40. The molecule has 0 radical (unpaired) electrons. The molecule has 1 aliphatic heterocycles. The van der Waals surface area contributed by atoms with Crippen molar-refractivity contribution in [3.8, 4) is 5.75 Å². The lowest BCUT2D eigenvalue weighted by Crippen LogP contribution is -2.22. The Morgan fingerprint density at radius 2 is 2.33 bits per heavy atom. The zero-order valence-corrected chi connectivity index (χ0v) is 10.6. The Hall–Kier alpha value is -1.55. The molecule has 0 spiro atoms. The number of hydrogen-bond donors (Lipinski definition) is 1. The van der Waals surface area contributed by atoms with Gasteiger partial charge in [-0.2, -0.15) is 0 Å². The number of benzene rings is 1. The summed E-state index contributed by atoms with van der Waals surface area (Å²) in [6.07, 6.45) is 4.64. The standard InChI is InChI=1S/C13H13ClFNO2/c1-18-12-7-11(15)8(6-10(12)14)2-3-9-4-5-13(17)16-9/h2-3,6-7,9H,4-5H2,1H3,(H,16,17)/b3-2+/t9-/m0/s1. The molecule has 1 aromatic rings. The van der Waals surface area contributed by atoms with Gasteiger partial charge in [0.2, 0.25) is 5.91 Å². The fraction of sp³-hybridized carbons (Fsp3) is 0.308. The van der Waals surface area contributed by atoms with Crippen molar-refractivity contribution in [1.29, 1.82) is 0 Å². The number of carbonyl (C=O) groups excluding carboxylic acids is 1. The van der Waals surface area contributed by atoms with Gasteiger partial charge in [0.25, 0.3) is 0 Å². The van der Waals surface area contributed by atoms with Gasteiger partial charge in [-0.1, -0.05) is 23.8 Å². The Labute approximate surface area is 110 Å². The number of ether oxygens (including phenoxy) is 1. The van der Waals surface area contributed by atoms with Gasteiger partial charge in [0.1, 0.15) is 11.6 Å². The van der Waals surface area contributed by atoms with E-state index < -0.39 is 5.82 Å². The van der Waals surface area contributed by atoms with E-state index in [1.165, 1.54) is 19.2 Å². The van der Waals surface area contributed by atoms with Gasteiger partial charge in [0.05, 0.1) is 12.1 Å². The summed E-state index contributed by atoms with van der Waals surface area (Å²) in [7, 11) is 1.43. The highest BCUT2D eigenvalue weighted by Gasteiger charge is 2.17. The molecule has 1 saturated heterocycles. The molecule has 1 aliphatic rings. The molecule has 1 heterocycles. The molecule has 3 nitrogen and oxygen atoms in total. The normalized spacial score (nSPS) is 19.3. The molecule has 0 unspecified atom stereocenters. The first-order chi connectivity index (χ1) is 8.60. The highest BCUT2D eigenvalue weighted by molar-refractivity contribution is 6.32. The van der Waals surface area contributed by atoms with Gasteiger partial charge < -0.3 is 10.1 Å². The third-order valence-corrected chi connectivity index (χ3v) is 3.10.